The summed E-state index contributed by atoms with van der Waals surface area (Å²) in [6.45, 7) is 4.19. The van der Waals surface area contributed by atoms with E-state index in [1.807, 2.05) is 36.6 Å². The number of thiophene rings is 1. The number of aromatic nitrogens is 2. The summed E-state index contributed by atoms with van der Waals surface area (Å²) in [6, 6.07) is 7.95. The van der Waals surface area contributed by atoms with Crippen molar-refractivity contribution in [3.8, 4) is 22.2 Å². The molecule has 0 atom stereocenters. The minimum atomic E-state index is -0.0223. The third kappa shape index (κ3) is 3.43. The maximum atomic E-state index is 12.5. The van der Waals surface area contributed by atoms with Crippen LogP contribution < -0.4 is 15.0 Å². The molecule has 0 saturated heterocycles. The number of ether oxygens (including phenoxy) is 2. The molecule has 6 nitrogen and oxygen atoms in total. The van der Waals surface area contributed by atoms with E-state index in [2.05, 4.69) is 9.88 Å². The molecule has 28 heavy (non-hydrogen) atoms. The monoisotopic (exact) mass is 397 g/mol. The summed E-state index contributed by atoms with van der Waals surface area (Å²) >= 11 is 1.57. The van der Waals surface area contributed by atoms with Gasteiger partial charge in [0.25, 0.3) is 5.56 Å². The van der Waals surface area contributed by atoms with Gasteiger partial charge >= 0.3 is 0 Å². The van der Waals surface area contributed by atoms with Gasteiger partial charge in [0.2, 0.25) is 0 Å². The van der Waals surface area contributed by atoms with Gasteiger partial charge in [0.05, 0.1) is 24.8 Å². The number of rotatable bonds is 5. The lowest BCUT2D eigenvalue weighted by Gasteiger charge is -2.28. The van der Waals surface area contributed by atoms with E-state index in [0.717, 1.165) is 51.8 Å². The maximum absolute atomic E-state index is 12.5. The van der Waals surface area contributed by atoms with E-state index in [-0.39, 0.29) is 5.56 Å². The largest absolute Gasteiger partial charge is 0.496 e. The summed E-state index contributed by atoms with van der Waals surface area (Å²) < 4.78 is 11.0. The van der Waals surface area contributed by atoms with Gasteiger partial charge in [-0.1, -0.05) is 12.1 Å². The Bertz CT molecular complexity index is 1040. The van der Waals surface area contributed by atoms with Crippen molar-refractivity contribution >= 4 is 11.3 Å². The topological polar surface area (TPSA) is 67.5 Å². The first-order chi connectivity index (χ1) is 13.6. The van der Waals surface area contributed by atoms with Crippen molar-refractivity contribution in [3.63, 3.8) is 0 Å². The van der Waals surface area contributed by atoms with Gasteiger partial charge < -0.3 is 14.5 Å². The fourth-order valence-corrected chi connectivity index (χ4v) is 4.43. The van der Waals surface area contributed by atoms with Gasteiger partial charge in [-0.15, -0.1) is 11.3 Å². The van der Waals surface area contributed by atoms with Crippen molar-refractivity contribution in [2.24, 2.45) is 0 Å². The van der Waals surface area contributed by atoms with Crippen LogP contribution >= 0.6 is 11.3 Å². The Hall–Kier alpha value is -2.64. The number of fused-ring (bicyclic) bond motifs is 1. The number of benzene rings is 1. The summed E-state index contributed by atoms with van der Waals surface area (Å²) in [5, 5.41) is 1.99. The average molecular weight is 398 g/mol. The number of methoxy groups -OCH3 is 2. The van der Waals surface area contributed by atoms with E-state index in [1.165, 1.54) is 0 Å². The van der Waals surface area contributed by atoms with Gasteiger partial charge in [0.1, 0.15) is 11.5 Å². The van der Waals surface area contributed by atoms with Gasteiger partial charge in [0, 0.05) is 36.3 Å². The highest BCUT2D eigenvalue weighted by Gasteiger charge is 2.23. The van der Waals surface area contributed by atoms with E-state index in [1.54, 1.807) is 25.6 Å². The first kappa shape index (κ1) is 18.7. The summed E-state index contributed by atoms with van der Waals surface area (Å²) in [5.74, 6) is 2.32. The Labute approximate surface area is 167 Å². The van der Waals surface area contributed by atoms with Crippen molar-refractivity contribution in [2.75, 3.05) is 20.8 Å². The molecule has 0 fully saturated rings. The van der Waals surface area contributed by atoms with Gasteiger partial charge in [0.15, 0.2) is 5.82 Å². The molecule has 1 N–H and O–H groups in total. The summed E-state index contributed by atoms with van der Waals surface area (Å²) in [6.07, 6.45) is 0.694. The molecule has 0 radical (unpaired) electrons. The molecule has 0 spiro atoms. The normalized spacial score (nSPS) is 14.0. The molecule has 1 aliphatic heterocycles. The Kier molecular flexibility index (Phi) is 5.19. The molecule has 146 valence electrons. The highest BCUT2D eigenvalue weighted by Crippen LogP contribution is 2.33. The molecule has 0 saturated carbocycles. The first-order valence-electron chi connectivity index (χ1n) is 9.19. The zero-order valence-electron chi connectivity index (χ0n) is 16.2. The molecular formula is C21H23N3O3S. The van der Waals surface area contributed by atoms with Crippen molar-refractivity contribution in [1.82, 2.24) is 14.9 Å². The lowest BCUT2D eigenvalue weighted by atomic mass is 10.0. The summed E-state index contributed by atoms with van der Waals surface area (Å²) in [5.41, 5.74) is 3.74. The molecule has 0 bridgehead atoms. The fraction of sp³-hybridized carbons (Fsp3) is 0.333. The minimum Gasteiger partial charge on any atom is -0.496 e. The predicted octanol–water partition coefficient (Wildman–Crippen LogP) is 3.38. The second-order valence-corrected chi connectivity index (χ2v) is 7.81. The highest BCUT2D eigenvalue weighted by atomic mass is 32.1. The number of hydrogen-bond acceptors (Lipinski definition) is 6. The standard InChI is InChI=1S/C21H23N3O3S/c1-13-17(26-2)7-6-14(19(13)27-3)11-24-9-8-15-16(12-24)22-20(23-21(15)25)18-5-4-10-28-18/h4-7,10H,8-9,11-12H2,1-3H3,(H,22,23,25). The van der Waals surface area contributed by atoms with Crippen LogP contribution in [0.5, 0.6) is 11.5 Å². The Morgan fingerprint density at radius 1 is 1.25 bits per heavy atom. The molecular weight excluding hydrogens is 374 g/mol. The lowest BCUT2D eigenvalue weighted by Crippen LogP contribution is -2.35. The Morgan fingerprint density at radius 2 is 2.11 bits per heavy atom. The molecule has 7 heteroatoms. The smallest absolute Gasteiger partial charge is 0.254 e. The zero-order chi connectivity index (χ0) is 19.7. The number of nitrogens with one attached hydrogen (secondary N) is 1. The Balaban J connectivity index is 1.61. The molecule has 2 aromatic heterocycles. The molecule has 4 rings (SSSR count). The van der Waals surface area contributed by atoms with Crippen LogP contribution in [0.1, 0.15) is 22.4 Å². The predicted molar refractivity (Wildman–Crippen MR) is 110 cm³/mol. The minimum absolute atomic E-state index is 0.0223. The van der Waals surface area contributed by atoms with Crippen molar-refractivity contribution in [1.29, 1.82) is 0 Å². The van der Waals surface area contributed by atoms with Crippen LogP contribution in [0.4, 0.5) is 0 Å². The van der Waals surface area contributed by atoms with Gasteiger partial charge in [-0.3, -0.25) is 9.69 Å². The van der Waals surface area contributed by atoms with Crippen LogP contribution in [-0.2, 0) is 19.5 Å². The number of hydrogen-bond donors (Lipinski definition) is 1. The van der Waals surface area contributed by atoms with Gasteiger partial charge in [-0.05, 0) is 30.9 Å². The summed E-state index contributed by atoms with van der Waals surface area (Å²) in [7, 11) is 3.35. The molecule has 1 aliphatic rings. The van der Waals surface area contributed by atoms with E-state index in [0.29, 0.717) is 18.8 Å². The Morgan fingerprint density at radius 3 is 2.82 bits per heavy atom. The number of nitrogens with zero attached hydrogens (tertiary/aromatic N) is 2. The van der Waals surface area contributed by atoms with Crippen molar-refractivity contribution < 1.29 is 9.47 Å². The summed E-state index contributed by atoms with van der Waals surface area (Å²) in [4.78, 5) is 23.5. The van der Waals surface area contributed by atoms with Crippen LogP contribution in [0.25, 0.3) is 10.7 Å². The van der Waals surface area contributed by atoms with Crippen molar-refractivity contribution in [3.05, 3.63) is 62.4 Å². The fourth-order valence-electron chi connectivity index (χ4n) is 3.76. The average Bonchev–Trinajstić information content (AvgIpc) is 3.23. The van der Waals surface area contributed by atoms with Crippen LogP contribution in [0.15, 0.2) is 34.4 Å². The zero-order valence-corrected chi connectivity index (χ0v) is 17.1. The molecule has 0 amide bonds. The third-order valence-corrected chi connectivity index (χ3v) is 6.04. The van der Waals surface area contributed by atoms with Crippen molar-refractivity contribution in [2.45, 2.75) is 26.4 Å². The SMILES string of the molecule is COc1ccc(CN2CCc3c(nc(-c4cccs4)[nH]c3=O)C2)c(OC)c1C. The van der Waals surface area contributed by atoms with Crippen LogP contribution in [0.3, 0.4) is 0 Å². The van der Waals surface area contributed by atoms with Gasteiger partial charge in [-0.25, -0.2) is 4.98 Å². The molecule has 3 aromatic rings. The lowest BCUT2D eigenvalue weighted by molar-refractivity contribution is 0.236. The quantitative estimate of drug-likeness (QED) is 0.715. The van der Waals surface area contributed by atoms with E-state index < -0.39 is 0 Å². The molecule has 0 unspecified atom stereocenters. The molecule has 3 heterocycles. The van der Waals surface area contributed by atoms with E-state index >= 15 is 0 Å². The molecule has 0 aliphatic carbocycles. The van der Waals surface area contributed by atoms with Gasteiger partial charge in [-0.2, -0.15) is 0 Å². The van der Waals surface area contributed by atoms with E-state index in [4.69, 9.17) is 14.5 Å². The number of aromatic amines is 1. The van der Waals surface area contributed by atoms with Crippen LogP contribution in [0, 0.1) is 6.92 Å². The molecule has 1 aromatic carbocycles. The first-order valence-corrected chi connectivity index (χ1v) is 10.1. The second-order valence-electron chi connectivity index (χ2n) is 6.86. The van der Waals surface area contributed by atoms with Crippen LogP contribution in [0.2, 0.25) is 0 Å². The maximum Gasteiger partial charge on any atom is 0.254 e. The van der Waals surface area contributed by atoms with Crippen LogP contribution in [-0.4, -0.2) is 35.6 Å². The third-order valence-electron chi connectivity index (χ3n) is 5.16. The number of H-pyrrole nitrogens is 1. The second kappa shape index (κ2) is 7.77. The highest BCUT2D eigenvalue weighted by molar-refractivity contribution is 7.13. The van der Waals surface area contributed by atoms with E-state index in [9.17, 15) is 4.79 Å².